The van der Waals surface area contributed by atoms with Crippen LogP contribution in [0.25, 0.3) is 10.9 Å². The molecule has 0 radical (unpaired) electrons. The van der Waals surface area contributed by atoms with Crippen LogP contribution in [-0.2, 0) is 13.6 Å². The van der Waals surface area contributed by atoms with Crippen molar-refractivity contribution in [3.8, 4) is 0 Å². The molecule has 0 amide bonds. The molecule has 0 unspecified atom stereocenters. The lowest BCUT2D eigenvalue weighted by molar-refractivity contribution is -0.383. The normalized spacial score (nSPS) is 10.8. The summed E-state index contributed by atoms with van der Waals surface area (Å²) < 4.78 is 1.73. The number of benzene rings is 1. The summed E-state index contributed by atoms with van der Waals surface area (Å²) in [5.74, 6) is 0. The molecule has 0 saturated heterocycles. The lowest BCUT2D eigenvalue weighted by Gasteiger charge is -2.10. The fourth-order valence-corrected chi connectivity index (χ4v) is 2.42. The number of aryl methyl sites for hydroxylation is 2. The van der Waals surface area contributed by atoms with E-state index < -0.39 is 4.92 Å². The molecule has 7 nitrogen and oxygen atoms in total. The van der Waals surface area contributed by atoms with E-state index in [1.807, 2.05) is 32.3 Å². The third kappa shape index (κ3) is 2.60. The van der Waals surface area contributed by atoms with Gasteiger partial charge in [0.1, 0.15) is 0 Å². The molecule has 0 spiro atoms. The van der Waals surface area contributed by atoms with Crippen LogP contribution < -0.4 is 5.32 Å². The summed E-state index contributed by atoms with van der Waals surface area (Å²) in [6.45, 7) is 2.42. The molecule has 0 saturated carbocycles. The van der Waals surface area contributed by atoms with Crippen molar-refractivity contribution in [2.45, 2.75) is 13.5 Å². The molecule has 1 aromatic carbocycles. The maximum absolute atomic E-state index is 11.2. The second-order valence-electron chi connectivity index (χ2n) is 5.12. The Morgan fingerprint density at radius 3 is 2.91 bits per heavy atom. The molecule has 0 bridgehead atoms. The van der Waals surface area contributed by atoms with Gasteiger partial charge in [-0.15, -0.1) is 0 Å². The average Bonchev–Trinajstić information content (AvgIpc) is 2.89. The van der Waals surface area contributed by atoms with Gasteiger partial charge in [0.25, 0.3) is 5.69 Å². The van der Waals surface area contributed by atoms with Crippen molar-refractivity contribution in [3.63, 3.8) is 0 Å². The highest BCUT2D eigenvalue weighted by Gasteiger charge is 2.15. The minimum absolute atomic E-state index is 0.0191. The van der Waals surface area contributed by atoms with Crippen LogP contribution in [0.2, 0.25) is 0 Å². The maximum Gasteiger partial charge on any atom is 0.295 e. The summed E-state index contributed by atoms with van der Waals surface area (Å²) in [5.41, 5.74) is 3.02. The monoisotopic (exact) mass is 297 g/mol. The first-order valence-corrected chi connectivity index (χ1v) is 6.81. The van der Waals surface area contributed by atoms with E-state index >= 15 is 0 Å². The van der Waals surface area contributed by atoms with Crippen LogP contribution in [0.4, 0.5) is 11.4 Å². The van der Waals surface area contributed by atoms with E-state index in [2.05, 4.69) is 15.4 Å². The van der Waals surface area contributed by atoms with Gasteiger partial charge in [-0.1, -0.05) is 12.1 Å². The number of nitrogens with zero attached hydrogens (tertiary/aromatic N) is 4. The second-order valence-corrected chi connectivity index (χ2v) is 5.12. The molecule has 0 aliphatic carbocycles. The number of pyridine rings is 1. The number of rotatable bonds is 4. The molecule has 2 heterocycles. The van der Waals surface area contributed by atoms with E-state index in [1.54, 1.807) is 16.9 Å². The summed E-state index contributed by atoms with van der Waals surface area (Å²) in [4.78, 5) is 15.1. The predicted octanol–water partition coefficient (Wildman–Crippen LogP) is 2.80. The van der Waals surface area contributed by atoms with E-state index in [1.165, 1.54) is 6.07 Å². The fourth-order valence-electron chi connectivity index (χ4n) is 2.42. The predicted molar refractivity (Wildman–Crippen MR) is 83.7 cm³/mol. The Hall–Kier alpha value is -2.96. The third-order valence-electron chi connectivity index (χ3n) is 3.38. The van der Waals surface area contributed by atoms with Gasteiger partial charge in [-0.25, -0.2) is 4.98 Å². The van der Waals surface area contributed by atoms with E-state index in [4.69, 9.17) is 0 Å². The molecule has 3 rings (SSSR count). The molecule has 3 aromatic rings. The summed E-state index contributed by atoms with van der Waals surface area (Å²) in [6.07, 6.45) is 3.71. The van der Waals surface area contributed by atoms with Crippen LogP contribution in [0.1, 0.15) is 11.3 Å². The number of hydrogen-bond donors (Lipinski definition) is 1. The highest BCUT2D eigenvalue weighted by Crippen LogP contribution is 2.30. The SMILES string of the molecule is Cc1cc(NCc2cnn(C)c2)c2cccc([N+](=O)[O-])c2n1. The van der Waals surface area contributed by atoms with E-state index in [0.717, 1.165) is 22.3 Å². The maximum atomic E-state index is 11.2. The molecule has 22 heavy (non-hydrogen) atoms. The lowest BCUT2D eigenvalue weighted by atomic mass is 10.1. The van der Waals surface area contributed by atoms with Gasteiger partial charge in [-0.05, 0) is 13.0 Å². The number of hydrogen-bond acceptors (Lipinski definition) is 5. The summed E-state index contributed by atoms with van der Waals surface area (Å²) in [7, 11) is 1.86. The third-order valence-corrected chi connectivity index (χ3v) is 3.38. The topological polar surface area (TPSA) is 85.9 Å². The first-order valence-electron chi connectivity index (χ1n) is 6.81. The number of fused-ring (bicyclic) bond motifs is 1. The molecule has 0 aliphatic heterocycles. The Morgan fingerprint density at radius 1 is 1.41 bits per heavy atom. The molecule has 0 aliphatic rings. The molecular weight excluding hydrogens is 282 g/mol. The van der Waals surface area contributed by atoms with Crippen LogP contribution in [0.3, 0.4) is 0 Å². The minimum Gasteiger partial charge on any atom is -0.380 e. The first-order chi connectivity index (χ1) is 10.5. The van der Waals surface area contributed by atoms with Gasteiger partial charge in [-0.2, -0.15) is 5.10 Å². The molecule has 0 fully saturated rings. The van der Waals surface area contributed by atoms with Crippen LogP contribution in [0, 0.1) is 17.0 Å². The number of aromatic nitrogens is 3. The fraction of sp³-hybridized carbons (Fsp3) is 0.200. The van der Waals surface area contributed by atoms with Crippen LogP contribution >= 0.6 is 0 Å². The summed E-state index contributed by atoms with van der Waals surface area (Å²) >= 11 is 0. The number of nitrogens with one attached hydrogen (secondary N) is 1. The van der Waals surface area contributed by atoms with Gasteiger partial charge in [0.2, 0.25) is 0 Å². The van der Waals surface area contributed by atoms with Gasteiger partial charge in [0, 0.05) is 48.2 Å². The number of anilines is 1. The molecule has 112 valence electrons. The second kappa shape index (κ2) is 5.44. The number of nitro groups is 1. The first kappa shape index (κ1) is 14.0. The quantitative estimate of drug-likeness (QED) is 0.591. The minimum atomic E-state index is -0.403. The molecule has 2 aromatic heterocycles. The average molecular weight is 297 g/mol. The van der Waals surface area contributed by atoms with Gasteiger partial charge < -0.3 is 5.32 Å². The van der Waals surface area contributed by atoms with E-state index in [0.29, 0.717) is 12.1 Å². The van der Waals surface area contributed by atoms with Crippen molar-refractivity contribution < 1.29 is 4.92 Å². The Balaban J connectivity index is 2.01. The largest absolute Gasteiger partial charge is 0.380 e. The van der Waals surface area contributed by atoms with Crippen molar-refractivity contribution in [1.82, 2.24) is 14.8 Å². The highest BCUT2D eigenvalue weighted by atomic mass is 16.6. The molecule has 0 atom stereocenters. The number of non-ortho nitro benzene ring substituents is 1. The highest BCUT2D eigenvalue weighted by molar-refractivity contribution is 5.96. The smallest absolute Gasteiger partial charge is 0.295 e. The van der Waals surface area contributed by atoms with Crippen LogP contribution in [0.5, 0.6) is 0 Å². The van der Waals surface area contributed by atoms with E-state index in [9.17, 15) is 10.1 Å². The van der Waals surface area contributed by atoms with Gasteiger partial charge in [-0.3, -0.25) is 14.8 Å². The van der Waals surface area contributed by atoms with Gasteiger partial charge in [0.15, 0.2) is 5.52 Å². The molecule has 1 N–H and O–H groups in total. The van der Waals surface area contributed by atoms with E-state index in [-0.39, 0.29) is 5.69 Å². The summed E-state index contributed by atoms with van der Waals surface area (Å²) in [5, 5.41) is 19.3. The Kier molecular flexibility index (Phi) is 3.46. The molecular formula is C15H15N5O2. The van der Waals surface area contributed by atoms with Crippen molar-refractivity contribution in [1.29, 1.82) is 0 Å². The lowest BCUT2D eigenvalue weighted by Crippen LogP contribution is -2.02. The number of nitro benzene ring substituents is 1. The van der Waals surface area contributed by atoms with Crippen LogP contribution in [-0.4, -0.2) is 19.7 Å². The van der Waals surface area contributed by atoms with Gasteiger partial charge >= 0.3 is 0 Å². The zero-order chi connectivity index (χ0) is 15.7. The van der Waals surface area contributed by atoms with Crippen molar-refractivity contribution in [2.24, 2.45) is 7.05 Å². The number of para-hydroxylation sites is 1. The van der Waals surface area contributed by atoms with Crippen LogP contribution in [0.15, 0.2) is 36.7 Å². The van der Waals surface area contributed by atoms with Gasteiger partial charge in [0.05, 0.1) is 11.1 Å². The zero-order valence-corrected chi connectivity index (χ0v) is 12.3. The van der Waals surface area contributed by atoms with Crippen molar-refractivity contribution in [2.75, 3.05) is 5.32 Å². The molecule has 7 heteroatoms. The zero-order valence-electron chi connectivity index (χ0n) is 12.3. The van der Waals surface area contributed by atoms with Crippen molar-refractivity contribution >= 4 is 22.3 Å². The van der Waals surface area contributed by atoms with Crippen molar-refractivity contribution in [3.05, 3.63) is 58.0 Å². The standard InChI is InChI=1S/C15H15N5O2/c1-10-6-13(16-7-11-8-17-19(2)9-11)12-4-3-5-14(20(21)22)15(12)18-10/h3-6,8-9H,7H2,1-2H3,(H,16,18). The Labute approximate surface area is 126 Å². The Morgan fingerprint density at radius 2 is 2.23 bits per heavy atom. The summed E-state index contributed by atoms with van der Waals surface area (Å²) in [6, 6.07) is 6.87. The Bertz CT molecular complexity index is 856.